The van der Waals surface area contributed by atoms with Crippen LogP contribution in [0.3, 0.4) is 0 Å². The fraction of sp³-hybridized carbons (Fsp3) is 0.632. The van der Waals surface area contributed by atoms with E-state index in [0.717, 1.165) is 57.8 Å². The smallest absolute Gasteiger partial charge is 0.222 e. The van der Waals surface area contributed by atoms with Gasteiger partial charge in [0.05, 0.1) is 0 Å². The first-order valence-corrected chi connectivity index (χ1v) is 8.73. The lowest BCUT2D eigenvalue weighted by Crippen LogP contribution is -2.40. The summed E-state index contributed by atoms with van der Waals surface area (Å²) in [6, 6.07) is 8.64. The second-order valence-corrected chi connectivity index (χ2v) is 6.47. The van der Waals surface area contributed by atoms with Crippen LogP contribution in [0.5, 0.6) is 0 Å². The summed E-state index contributed by atoms with van der Waals surface area (Å²) in [5.41, 5.74) is 2.63. The van der Waals surface area contributed by atoms with Crippen LogP contribution in [-0.4, -0.2) is 37.0 Å². The molecule has 1 aliphatic rings. The molecular formula is C19H31ClN2O. The topological polar surface area (TPSA) is 32.3 Å². The van der Waals surface area contributed by atoms with Crippen molar-refractivity contribution in [3.05, 3.63) is 35.4 Å². The molecule has 4 heteroatoms. The Morgan fingerprint density at radius 2 is 1.87 bits per heavy atom. The van der Waals surface area contributed by atoms with Gasteiger partial charge in [-0.2, -0.15) is 0 Å². The lowest BCUT2D eigenvalue weighted by atomic mass is 9.96. The molecule has 1 amide bonds. The van der Waals surface area contributed by atoms with Crippen molar-refractivity contribution in [1.82, 2.24) is 10.2 Å². The number of hydrogen-bond donors (Lipinski definition) is 1. The van der Waals surface area contributed by atoms with E-state index < -0.39 is 0 Å². The van der Waals surface area contributed by atoms with Crippen molar-refractivity contribution in [3.8, 4) is 0 Å². The molecule has 0 radical (unpaired) electrons. The Morgan fingerprint density at radius 1 is 1.22 bits per heavy atom. The van der Waals surface area contributed by atoms with E-state index in [9.17, 15) is 4.79 Å². The maximum Gasteiger partial charge on any atom is 0.222 e. The standard InChI is InChI=1S/C19H30N2O.ClH/c1-3-20-15-18-11-13-21(14-12-18)19(22)6-4-5-17-9-7-16(2)8-10-17;/h7-10,18,20H,3-6,11-15H2,1-2H3;1H. The molecule has 3 nitrogen and oxygen atoms in total. The molecule has 0 unspecified atom stereocenters. The van der Waals surface area contributed by atoms with Gasteiger partial charge in [-0.25, -0.2) is 0 Å². The van der Waals surface area contributed by atoms with Crippen LogP contribution >= 0.6 is 12.4 Å². The largest absolute Gasteiger partial charge is 0.343 e. The molecule has 0 aliphatic carbocycles. The minimum absolute atomic E-state index is 0. The van der Waals surface area contributed by atoms with Crippen molar-refractivity contribution in [1.29, 1.82) is 0 Å². The number of aryl methyl sites for hydroxylation is 2. The quantitative estimate of drug-likeness (QED) is 0.824. The lowest BCUT2D eigenvalue weighted by Gasteiger charge is -2.32. The molecule has 0 saturated carbocycles. The van der Waals surface area contributed by atoms with Crippen LogP contribution in [0.25, 0.3) is 0 Å². The molecule has 130 valence electrons. The van der Waals surface area contributed by atoms with Crippen LogP contribution in [0.15, 0.2) is 24.3 Å². The number of nitrogens with zero attached hydrogens (tertiary/aromatic N) is 1. The van der Waals surface area contributed by atoms with Gasteiger partial charge in [0.2, 0.25) is 5.91 Å². The van der Waals surface area contributed by atoms with Crippen molar-refractivity contribution >= 4 is 18.3 Å². The monoisotopic (exact) mass is 338 g/mol. The third kappa shape index (κ3) is 6.92. The number of amides is 1. The second-order valence-electron chi connectivity index (χ2n) is 6.47. The average molecular weight is 339 g/mol. The van der Waals surface area contributed by atoms with Gasteiger partial charge < -0.3 is 10.2 Å². The maximum atomic E-state index is 12.3. The Bertz CT molecular complexity index is 453. The summed E-state index contributed by atoms with van der Waals surface area (Å²) in [5.74, 6) is 1.09. The van der Waals surface area contributed by atoms with Gasteiger partial charge in [-0.15, -0.1) is 12.4 Å². The van der Waals surface area contributed by atoms with Crippen molar-refractivity contribution in [2.24, 2.45) is 5.92 Å². The molecule has 1 aliphatic heterocycles. The zero-order valence-corrected chi connectivity index (χ0v) is 15.3. The zero-order valence-electron chi connectivity index (χ0n) is 14.5. The summed E-state index contributed by atoms with van der Waals surface area (Å²) in [7, 11) is 0. The fourth-order valence-corrected chi connectivity index (χ4v) is 3.09. The highest BCUT2D eigenvalue weighted by atomic mass is 35.5. The van der Waals surface area contributed by atoms with Gasteiger partial charge in [0, 0.05) is 19.5 Å². The molecule has 1 aromatic carbocycles. The first-order valence-electron chi connectivity index (χ1n) is 8.73. The molecule has 1 heterocycles. The van der Waals surface area contributed by atoms with Gasteiger partial charge in [-0.1, -0.05) is 36.8 Å². The van der Waals surface area contributed by atoms with Crippen LogP contribution in [-0.2, 0) is 11.2 Å². The van der Waals surface area contributed by atoms with Crippen LogP contribution in [0.1, 0.15) is 43.7 Å². The Hall–Kier alpha value is -1.06. The second kappa shape index (κ2) is 10.7. The molecule has 1 fully saturated rings. The van der Waals surface area contributed by atoms with Gasteiger partial charge in [0.15, 0.2) is 0 Å². The number of piperidine rings is 1. The van der Waals surface area contributed by atoms with E-state index in [0.29, 0.717) is 12.3 Å². The van der Waals surface area contributed by atoms with E-state index in [-0.39, 0.29) is 12.4 Å². The van der Waals surface area contributed by atoms with E-state index >= 15 is 0 Å². The van der Waals surface area contributed by atoms with E-state index in [2.05, 4.69) is 48.3 Å². The highest BCUT2D eigenvalue weighted by Gasteiger charge is 2.21. The lowest BCUT2D eigenvalue weighted by molar-refractivity contribution is -0.132. The number of halogens is 1. The molecule has 0 aromatic heterocycles. The molecule has 1 saturated heterocycles. The van der Waals surface area contributed by atoms with Crippen LogP contribution in [0, 0.1) is 12.8 Å². The average Bonchev–Trinajstić information content (AvgIpc) is 2.55. The molecule has 23 heavy (non-hydrogen) atoms. The molecule has 1 N–H and O–H groups in total. The Labute approximate surface area is 147 Å². The highest BCUT2D eigenvalue weighted by Crippen LogP contribution is 2.18. The molecule has 0 bridgehead atoms. The maximum absolute atomic E-state index is 12.3. The highest BCUT2D eigenvalue weighted by molar-refractivity contribution is 5.85. The van der Waals surface area contributed by atoms with Gasteiger partial charge in [-0.05, 0) is 57.2 Å². The number of carbonyl (C=O) groups is 1. The number of hydrogen-bond acceptors (Lipinski definition) is 2. The molecule has 2 rings (SSSR count). The van der Waals surface area contributed by atoms with E-state index in [1.807, 2.05) is 0 Å². The Morgan fingerprint density at radius 3 is 2.48 bits per heavy atom. The van der Waals surface area contributed by atoms with Crippen molar-refractivity contribution in [3.63, 3.8) is 0 Å². The zero-order chi connectivity index (χ0) is 15.8. The number of likely N-dealkylation sites (tertiary alicyclic amines) is 1. The summed E-state index contributed by atoms with van der Waals surface area (Å²) in [5, 5.41) is 3.41. The first kappa shape index (κ1) is 20.0. The molecular weight excluding hydrogens is 308 g/mol. The summed E-state index contributed by atoms with van der Waals surface area (Å²) in [6.45, 7) is 8.28. The third-order valence-corrected chi connectivity index (χ3v) is 4.63. The Balaban J connectivity index is 0.00000264. The summed E-state index contributed by atoms with van der Waals surface area (Å²) in [4.78, 5) is 14.3. The number of benzene rings is 1. The molecule has 0 spiro atoms. The van der Waals surface area contributed by atoms with Crippen molar-refractivity contribution < 1.29 is 4.79 Å². The van der Waals surface area contributed by atoms with E-state index in [1.54, 1.807) is 0 Å². The van der Waals surface area contributed by atoms with Crippen molar-refractivity contribution in [2.45, 2.75) is 46.0 Å². The minimum atomic E-state index is 0. The number of carbonyl (C=O) groups excluding carboxylic acids is 1. The molecule has 1 aromatic rings. The Kier molecular flexibility index (Phi) is 9.27. The fourth-order valence-electron chi connectivity index (χ4n) is 3.09. The van der Waals surface area contributed by atoms with Gasteiger partial charge in [-0.3, -0.25) is 4.79 Å². The summed E-state index contributed by atoms with van der Waals surface area (Å²) < 4.78 is 0. The van der Waals surface area contributed by atoms with Crippen LogP contribution in [0.2, 0.25) is 0 Å². The predicted octanol–water partition coefficient (Wildman–Crippen LogP) is 3.59. The third-order valence-electron chi connectivity index (χ3n) is 4.63. The van der Waals surface area contributed by atoms with Crippen LogP contribution in [0.4, 0.5) is 0 Å². The SMILES string of the molecule is CCNCC1CCN(C(=O)CCCc2ccc(C)cc2)CC1.Cl. The van der Waals surface area contributed by atoms with Gasteiger partial charge in [0.25, 0.3) is 0 Å². The van der Waals surface area contributed by atoms with E-state index in [4.69, 9.17) is 0 Å². The van der Waals surface area contributed by atoms with Crippen LogP contribution < -0.4 is 5.32 Å². The van der Waals surface area contributed by atoms with Gasteiger partial charge in [0.1, 0.15) is 0 Å². The summed E-state index contributed by atoms with van der Waals surface area (Å²) in [6.07, 6.45) is 4.95. The van der Waals surface area contributed by atoms with Crippen molar-refractivity contribution in [2.75, 3.05) is 26.2 Å². The summed E-state index contributed by atoms with van der Waals surface area (Å²) >= 11 is 0. The van der Waals surface area contributed by atoms with Gasteiger partial charge >= 0.3 is 0 Å². The predicted molar refractivity (Wildman–Crippen MR) is 99.2 cm³/mol. The normalized spacial score (nSPS) is 15.3. The first-order chi connectivity index (χ1) is 10.7. The number of nitrogens with one attached hydrogen (secondary N) is 1. The number of rotatable bonds is 7. The minimum Gasteiger partial charge on any atom is -0.343 e. The molecule has 0 atom stereocenters. The van der Waals surface area contributed by atoms with E-state index in [1.165, 1.54) is 11.1 Å².